The Bertz CT molecular complexity index is 933. The maximum Gasteiger partial charge on any atom is 0.422 e. The second-order valence-electron chi connectivity index (χ2n) is 4.84. The molecule has 2 aromatic carbocycles. The molecule has 7 nitrogen and oxygen atoms in total. The van der Waals surface area contributed by atoms with Gasteiger partial charge >= 0.3 is 6.18 Å². The summed E-state index contributed by atoms with van der Waals surface area (Å²) in [6.45, 7) is 0. The van der Waals surface area contributed by atoms with Crippen LogP contribution in [0.25, 0.3) is 0 Å². The molecule has 0 fully saturated rings. The first-order chi connectivity index (χ1) is 12.4. The third kappa shape index (κ3) is 3.58. The molecule has 0 spiro atoms. The third-order valence-electron chi connectivity index (χ3n) is 3.20. The van der Waals surface area contributed by atoms with E-state index in [9.17, 15) is 51.0 Å². The average molecular weight is 399 g/mol. The van der Waals surface area contributed by atoms with Crippen LogP contribution in [0.1, 0.15) is 5.56 Å². The topological polar surface area (TPSA) is 98.3 Å². The summed E-state index contributed by atoms with van der Waals surface area (Å²) in [5, 5.41) is 23.1. The van der Waals surface area contributed by atoms with Crippen molar-refractivity contribution in [2.45, 2.75) is 6.18 Å². The van der Waals surface area contributed by atoms with Gasteiger partial charge in [-0.1, -0.05) is 0 Å². The SMILES string of the molecule is O=[N+]([O-])c1ccc(Nc2c(F)c(F)c(C(F)(F)F)c(F)c2F)c([N+](=O)[O-])c1. The molecule has 0 bridgehead atoms. The van der Waals surface area contributed by atoms with Gasteiger partial charge in [0.15, 0.2) is 23.3 Å². The van der Waals surface area contributed by atoms with E-state index in [1.165, 1.54) is 0 Å². The maximum atomic E-state index is 13.8. The van der Waals surface area contributed by atoms with Crippen molar-refractivity contribution in [1.82, 2.24) is 0 Å². The Balaban J connectivity index is 2.66. The molecule has 0 atom stereocenters. The number of nitrogens with one attached hydrogen (secondary N) is 1. The molecule has 0 aromatic heterocycles. The molecule has 144 valence electrons. The van der Waals surface area contributed by atoms with Crippen molar-refractivity contribution in [3.05, 3.63) is 67.3 Å². The Morgan fingerprint density at radius 3 is 1.78 bits per heavy atom. The first kappa shape index (κ1) is 19.9. The number of alkyl halides is 3. The summed E-state index contributed by atoms with van der Waals surface area (Å²) >= 11 is 0. The summed E-state index contributed by atoms with van der Waals surface area (Å²) in [5.74, 6) is -10.5. The van der Waals surface area contributed by atoms with E-state index >= 15 is 0 Å². The van der Waals surface area contributed by atoms with Crippen LogP contribution in [0.4, 0.5) is 53.5 Å². The van der Waals surface area contributed by atoms with Crippen molar-refractivity contribution in [3.63, 3.8) is 0 Å². The smallest absolute Gasteiger partial charge is 0.345 e. The van der Waals surface area contributed by atoms with Crippen molar-refractivity contribution in [2.75, 3.05) is 5.32 Å². The van der Waals surface area contributed by atoms with Gasteiger partial charge in [0.05, 0.1) is 15.9 Å². The highest BCUT2D eigenvalue weighted by molar-refractivity contribution is 5.72. The standard InChI is InChI=1S/C13H4F7N3O4/c14-8-7(13(18,19)20)9(15)11(17)12(10(8)16)21-5-2-1-4(22(24)25)3-6(5)23(26)27/h1-3,21H. The van der Waals surface area contributed by atoms with Gasteiger partial charge in [0.1, 0.15) is 16.9 Å². The fraction of sp³-hybridized carbons (Fsp3) is 0.0769. The minimum Gasteiger partial charge on any atom is -0.345 e. The van der Waals surface area contributed by atoms with Gasteiger partial charge < -0.3 is 5.32 Å². The average Bonchev–Trinajstić information content (AvgIpc) is 2.55. The van der Waals surface area contributed by atoms with Crippen molar-refractivity contribution in [3.8, 4) is 0 Å². The molecule has 0 aliphatic carbocycles. The second-order valence-corrected chi connectivity index (χ2v) is 4.84. The minimum atomic E-state index is -5.76. The Morgan fingerprint density at radius 1 is 0.852 bits per heavy atom. The maximum absolute atomic E-state index is 13.8. The number of halogens is 7. The summed E-state index contributed by atoms with van der Waals surface area (Å²) in [5.41, 5.74) is -7.38. The summed E-state index contributed by atoms with van der Waals surface area (Å²) in [6, 6.07) is 1.61. The van der Waals surface area contributed by atoms with Crippen LogP contribution in [0, 0.1) is 43.5 Å². The number of nitrogens with zero attached hydrogens (tertiary/aromatic N) is 2. The normalized spacial score (nSPS) is 11.4. The van der Waals surface area contributed by atoms with E-state index in [0.717, 1.165) is 0 Å². The van der Waals surface area contributed by atoms with Gasteiger partial charge in [-0.2, -0.15) is 13.2 Å². The van der Waals surface area contributed by atoms with E-state index in [1.54, 1.807) is 5.32 Å². The molecule has 0 amide bonds. The van der Waals surface area contributed by atoms with Crippen molar-refractivity contribution < 1.29 is 40.6 Å². The first-order valence-corrected chi connectivity index (χ1v) is 6.49. The highest BCUT2D eigenvalue weighted by Gasteiger charge is 2.42. The molecule has 2 rings (SSSR count). The summed E-state index contributed by atoms with van der Waals surface area (Å²) in [7, 11) is 0. The fourth-order valence-corrected chi connectivity index (χ4v) is 2.02. The molecule has 0 saturated heterocycles. The highest BCUT2D eigenvalue weighted by Crippen LogP contribution is 2.40. The van der Waals surface area contributed by atoms with Crippen molar-refractivity contribution >= 4 is 22.7 Å². The number of hydrogen-bond acceptors (Lipinski definition) is 5. The predicted molar refractivity (Wildman–Crippen MR) is 74.3 cm³/mol. The van der Waals surface area contributed by atoms with Crippen LogP contribution in [-0.2, 0) is 6.18 Å². The van der Waals surface area contributed by atoms with E-state index in [0.29, 0.717) is 18.2 Å². The molecule has 0 heterocycles. The van der Waals surface area contributed by atoms with E-state index in [2.05, 4.69) is 0 Å². The number of nitro benzene ring substituents is 2. The Morgan fingerprint density at radius 2 is 1.37 bits per heavy atom. The first-order valence-electron chi connectivity index (χ1n) is 6.49. The zero-order valence-corrected chi connectivity index (χ0v) is 12.4. The minimum absolute atomic E-state index is 0.370. The van der Waals surface area contributed by atoms with Gasteiger partial charge in [-0.25, -0.2) is 17.6 Å². The molecule has 0 aliphatic rings. The quantitative estimate of drug-likeness (QED) is 0.344. The number of anilines is 2. The Hall–Kier alpha value is -3.45. The monoisotopic (exact) mass is 399 g/mol. The van der Waals surface area contributed by atoms with Gasteiger partial charge in [-0.3, -0.25) is 20.2 Å². The molecule has 0 unspecified atom stereocenters. The highest BCUT2D eigenvalue weighted by atomic mass is 19.4. The molecule has 0 saturated carbocycles. The van der Waals surface area contributed by atoms with E-state index < -0.39 is 67.6 Å². The molecular formula is C13H4F7N3O4. The molecule has 0 aliphatic heterocycles. The van der Waals surface area contributed by atoms with Crippen LogP contribution in [0.5, 0.6) is 0 Å². The number of nitro groups is 2. The Labute approximate surface area is 143 Å². The summed E-state index contributed by atoms with van der Waals surface area (Å²) < 4.78 is 92.4. The molecule has 0 radical (unpaired) electrons. The molecule has 2 aromatic rings. The van der Waals surface area contributed by atoms with Crippen LogP contribution in [0.3, 0.4) is 0 Å². The zero-order chi connectivity index (χ0) is 20.7. The third-order valence-corrected chi connectivity index (χ3v) is 3.20. The van der Waals surface area contributed by atoms with Gasteiger partial charge in [0, 0.05) is 6.07 Å². The number of hydrogen-bond donors (Lipinski definition) is 1. The van der Waals surface area contributed by atoms with Crippen LogP contribution >= 0.6 is 0 Å². The summed E-state index contributed by atoms with van der Waals surface area (Å²) in [4.78, 5) is 19.3. The zero-order valence-electron chi connectivity index (χ0n) is 12.4. The molecular weight excluding hydrogens is 395 g/mol. The lowest BCUT2D eigenvalue weighted by Crippen LogP contribution is -2.16. The van der Waals surface area contributed by atoms with Crippen molar-refractivity contribution in [2.24, 2.45) is 0 Å². The Kier molecular flexibility index (Phi) is 4.93. The number of rotatable bonds is 4. The number of benzene rings is 2. The van der Waals surface area contributed by atoms with Crippen LogP contribution in [0.2, 0.25) is 0 Å². The van der Waals surface area contributed by atoms with Gasteiger partial charge in [-0.15, -0.1) is 0 Å². The molecule has 1 N–H and O–H groups in total. The summed E-state index contributed by atoms with van der Waals surface area (Å²) in [6.07, 6.45) is -5.76. The lowest BCUT2D eigenvalue weighted by molar-refractivity contribution is -0.393. The lowest BCUT2D eigenvalue weighted by atomic mass is 10.1. The van der Waals surface area contributed by atoms with E-state index in [4.69, 9.17) is 0 Å². The molecule has 14 heteroatoms. The second kappa shape index (κ2) is 6.69. The lowest BCUT2D eigenvalue weighted by Gasteiger charge is -2.15. The van der Waals surface area contributed by atoms with Crippen molar-refractivity contribution in [1.29, 1.82) is 0 Å². The van der Waals surface area contributed by atoms with E-state index in [1.807, 2.05) is 0 Å². The number of non-ortho nitro benzene ring substituents is 1. The van der Waals surface area contributed by atoms with Crippen LogP contribution in [-0.4, -0.2) is 9.85 Å². The van der Waals surface area contributed by atoms with Gasteiger partial charge in [-0.05, 0) is 6.07 Å². The largest absolute Gasteiger partial charge is 0.422 e. The molecule has 27 heavy (non-hydrogen) atoms. The fourth-order valence-electron chi connectivity index (χ4n) is 2.02. The van der Waals surface area contributed by atoms with Gasteiger partial charge in [0.25, 0.3) is 11.4 Å². The van der Waals surface area contributed by atoms with Crippen LogP contribution in [0.15, 0.2) is 18.2 Å². The van der Waals surface area contributed by atoms with Gasteiger partial charge in [0.2, 0.25) is 0 Å². The predicted octanol–water partition coefficient (Wildman–Crippen LogP) is 4.82. The van der Waals surface area contributed by atoms with Crippen LogP contribution < -0.4 is 5.32 Å². The van der Waals surface area contributed by atoms with E-state index in [-0.39, 0.29) is 0 Å².